The van der Waals surface area contributed by atoms with Crippen LogP contribution in [0.2, 0.25) is 0 Å². The first-order chi connectivity index (χ1) is 13.3. The van der Waals surface area contributed by atoms with Gasteiger partial charge in [-0.3, -0.25) is 4.98 Å². The van der Waals surface area contributed by atoms with Crippen molar-refractivity contribution in [3.63, 3.8) is 0 Å². The van der Waals surface area contributed by atoms with Crippen LogP contribution in [0, 0.1) is 0 Å². The molecule has 1 aromatic carbocycles. The average Bonchev–Trinajstić information content (AvgIpc) is 3.46. The Bertz CT molecular complexity index is 1080. The third kappa shape index (κ3) is 3.22. The van der Waals surface area contributed by atoms with E-state index in [4.69, 9.17) is 18.4 Å². The molecule has 0 radical (unpaired) electrons. The van der Waals surface area contributed by atoms with Crippen LogP contribution in [0.1, 0.15) is 5.89 Å². The molecule has 4 aromatic rings. The van der Waals surface area contributed by atoms with E-state index in [-0.39, 0.29) is 6.79 Å². The molecule has 1 aliphatic heterocycles. The van der Waals surface area contributed by atoms with E-state index in [9.17, 15) is 0 Å². The monoisotopic (exact) mass is 381 g/mol. The normalized spacial score (nSPS) is 12.4. The van der Waals surface area contributed by atoms with E-state index < -0.39 is 0 Å². The summed E-state index contributed by atoms with van der Waals surface area (Å²) in [7, 11) is 0. The van der Waals surface area contributed by atoms with E-state index in [1.54, 1.807) is 24.5 Å². The average molecular weight is 381 g/mol. The zero-order chi connectivity index (χ0) is 18.1. The van der Waals surface area contributed by atoms with Crippen LogP contribution < -0.4 is 9.47 Å². The molecule has 4 heterocycles. The molecule has 27 heavy (non-hydrogen) atoms. The topological polar surface area (TPSA) is 109 Å². The third-order valence-corrected chi connectivity index (χ3v) is 4.55. The Labute approximate surface area is 156 Å². The van der Waals surface area contributed by atoms with E-state index in [2.05, 4.69) is 25.3 Å². The number of ether oxygens (including phenoxy) is 2. The standard InChI is InChI=1S/C17H11N5O4S/c1-2-12-13(24-9-23-12)7-11(1)15-19-14(26-22-15)8-27-17-21-20-16(25-17)10-3-5-18-6-4-10/h1-7H,8-9H2. The number of nitrogens with zero attached hydrogens (tertiary/aromatic N) is 5. The van der Waals surface area contributed by atoms with Crippen molar-refractivity contribution in [1.29, 1.82) is 0 Å². The Balaban J connectivity index is 1.27. The van der Waals surface area contributed by atoms with E-state index >= 15 is 0 Å². The summed E-state index contributed by atoms with van der Waals surface area (Å²) in [5.41, 5.74) is 1.60. The molecule has 0 atom stereocenters. The van der Waals surface area contributed by atoms with Crippen molar-refractivity contribution in [2.75, 3.05) is 6.79 Å². The van der Waals surface area contributed by atoms with Crippen LogP contribution in [0.5, 0.6) is 11.5 Å². The molecule has 0 saturated carbocycles. The zero-order valence-electron chi connectivity index (χ0n) is 13.7. The van der Waals surface area contributed by atoms with Gasteiger partial charge in [0.1, 0.15) is 0 Å². The molecule has 0 bridgehead atoms. The highest BCUT2D eigenvalue weighted by Crippen LogP contribution is 2.35. The summed E-state index contributed by atoms with van der Waals surface area (Å²) in [6.45, 7) is 0.221. The van der Waals surface area contributed by atoms with Crippen molar-refractivity contribution in [3.8, 4) is 34.3 Å². The number of pyridine rings is 1. The maximum Gasteiger partial charge on any atom is 0.277 e. The minimum atomic E-state index is 0.221. The third-order valence-electron chi connectivity index (χ3n) is 3.75. The van der Waals surface area contributed by atoms with E-state index in [1.807, 2.05) is 18.2 Å². The van der Waals surface area contributed by atoms with Crippen LogP contribution in [-0.4, -0.2) is 32.1 Å². The summed E-state index contributed by atoms with van der Waals surface area (Å²) < 4.78 is 21.6. The molecule has 0 N–H and O–H groups in total. The molecule has 0 spiro atoms. The summed E-state index contributed by atoms with van der Waals surface area (Å²) >= 11 is 1.32. The van der Waals surface area contributed by atoms with Crippen molar-refractivity contribution in [2.45, 2.75) is 11.0 Å². The lowest BCUT2D eigenvalue weighted by atomic mass is 10.2. The fourth-order valence-corrected chi connectivity index (χ4v) is 3.07. The molecule has 9 nitrogen and oxygen atoms in total. The Morgan fingerprint density at radius 2 is 1.85 bits per heavy atom. The predicted molar refractivity (Wildman–Crippen MR) is 92.9 cm³/mol. The van der Waals surface area contributed by atoms with Crippen molar-refractivity contribution >= 4 is 11.8 Å². The second-order valence-corrected chi connectivity index (χ2v) is 6.40. The zero-order valence-corrected chi connectivity index (χ0v) is 14.5. The maximum absolute atomic E-state index is 5.63. The number of hydrogen-bond acceptors (Lipinski definition) is 10. The molecule has 134 valence electrons. The highest BCUT2D eigenvalue weighted by molar-refractivity contribution is 7.98. The van der Waals surface area contributed by atoms with E-state index in [0.29, 0.717) is 40.1 Å². The first-order valence-electron chi connectivity index (χ1n) is 7.94. The summed E-state index contributed by atoms with van der Waals surface area (Å²) in [5, 5.41) is 12.5. The Morgan fingerprint density at radius 1 is 0.963 bits per heavy atom. The predicted octanol–water partition coefficient (Wildman–Crippen LogP) is 3.20. The summed E-state index contributed by atoms with van der Waals surface area (Å²) in [4.78, 5) is 8.36. The lowest BCUT2D eigenvalue weighted by Crippen LogP contribution is -1.92. The Hall–Kier alpha value is -3.40. The van der Waals surface area contributed by atoms with Crippen LogP contribution >= 0.6 is 11.8 Å². The number of rotatable bonds is 5. The van der Waals surface area contributed by atoms with Gasteiger partial charge in [0.15, 0.2) is 11.5 Å². The first-order valence-corrected chi connectivity index (χ1v) is 8.93. The van der Waals surface area contributed by atoms with Gasteiger partial charge in [-0.25, -0.2) is 0 Å². The van der Waals surface area contributed by atoms with Crippen LogP contribution in [0.15, 0.2) is 56.9 Å². The molecule has 1 aliphatic rings. The number of fused-ring (bicyclic) bond motifs is 1. The molecule has 10 heteroatoms. The first kappa shape index (κ1) is 15.8. The summed E-state index contributed by atoms with van der Waals surface area (Å²) in [6.07, 6.45) is 3.34. The van der Waals surface area contributed by atoms with Gasteiger partial charge < -0.3 is 18.4 Å². The van der Waals surface area contributed by atoms with Crippen molar-refractivity contribution < 1.29 is 18.4 Å². The van der Waals surface area contributed by atoms with Gasteiger partial charge in [0, 0.05) is 23.5 Å². The van der Waals surface area contributed by atoms with Gasteiger partial charge in [-0.15, -0.1) is 10.2 Å². The van der Waals surface area contributed by atoms with Gasteiger partial charge in [-0.2, -0.15) is 4.98 Å². The lowest BCUT2D eigenvalue weighted by Gasteiger charge is -1.97. The molecule has 5 rings (SSSR count). The second-order valence-electron chi connectivity index (χ2n) is 5.48. The van der Waals surface area contributed by atoms with Gasteiger partial charge in [-0.05, 0) is 30.3 Å². The molecule has 0 aliphatic carbocycles. The lowest BCUT2D eigenvalue weighted by molar-refractivity contribution is 0.174. The smallest absolute Gasteiger partial charge is 0.277 e. The van der Waals surface area contributed by atoms with Gasteiger partial charge >= 0.3 is 0 Å². The van der Waals surface area contributed by atoms with E-state index in [1.165, 1.54) is 11.8 Å². The van der Waals surface area contributed by atoms with Crippen molar-refractivity contribution in [2.24, 2.45) is 0 Å². The number of benzene rings is 1. The van der Waals surface area contributed by atoms with Gasteiger partial charge in [0.2, 0.25) is 24.4 Å². The number of hydrogen-bond donors (Lipinski definition) is 0. The van der Waals surface area contributed by atoms with Crippen molar-refractivity contribution in [1.82, 2.24) is 25.3 Å². The maximum atomic E-state index is 5.63. The molecule has 0 unspecified atom stereocenters. The summed E-state index contributed by atoms with van der Waals surface area (Å²) in [5.74, 6) is 3.16. The quantitative estimate of drug-likeness (QED) is 0.478. The van der Waals surface area contributed by atoms with Crippen molar-refractivity contribution in [3.05, 3.63) is 48.6 Å². The number of thioether (sulfide) groups is 1. The highest BCUT2D eigenvalue weighted by Gasteiger charge is 2.17. The van der Waals surface area contributed by atoms with Gasteiger partial charge in [0.25, 0.3) is 5.22 Å². The fourth-order valence-electron chi connectivity index (χ4n) is 2.47. The molecular formula is C17H11N5O4S. The van der Waals surface area contributed by atoms with Crippen LogP contribution in [-0.2, 0) is 5.75 Å². The minimum absolute atomic E-state index is 0.221. The van der Waals surface area contributed by atoms with Crippen LogP contribution in [0.3, 0.4) is 0 Å². The minimum Gasteiger partial charge on any atom is -0.454 e. The molecular weight excluding hydrogens is 370 g/mol. The largest absolute Gasteiger partial charge is 0.454 e. The Morgan fingerprint density at radius 3 is 2.78 bits per heavy atom. The second kappa shape index (κ2) is 6.72. The highest BCUT2D eigenvalue weighted by atomic mass is 32.2. The molecule has 0 amide bonds. The number of aromatic nitrogens is 5. The van der Waals surface area contributed by atoms with E-state index in [0.717, 1.165) is 11.1 Å². The van der Waals surface area contributed by atoms with Gasteiger partial charge in [-0.1, -0.05) is 16.9 Å². The SMILES string of the molecule is c1cc(-c2nnc(SCc3nc(-c4ccc5c(c4)OCO5)no3)o2)ccn1. The van der Waals surface area contributed by atoms with Crippen LogP contribution in [0.25, 0.3) is 22.8 Å². The van der Waals surface area contributed by atoms with Gasteiger partial charge in [0.05, 0.1) is 5.75 Å². The Kier molecular flexibility index (Phi) is 3.94. The van der Waals surface area contributed by atoms with Crippen LogP contribution in [0.4, 0.5) is 0 Å². The fraction of sp³-hybridized carbons (Fsp3) is 0.118. The molecule has 3 aromatic heterocycles. The molecule has 0 saturated heterocycles. The molecule has 0 fully saturated rings. The summed E-state index contributed by atoms with van der Waals surface area (Å²) in [6, 6.07) is 9.11.